The Morgan fingerprint density at radius 1 is 1.33 bits per heavy atom. The van der Waals surface area contributed by atoms with Gasteiger partial charge in [0.1, 0.15) is 12.1 Å². The van der Waals surface area contributed by atoms with Crippen LogP contribution in [0.3, 0.4) is 0 Å². The first-order valence-corrected chi connectivity index (χ1v) is 7.17. The fourth-order valence-electron chi connectivity index (χ4n) is 3.08. The number of rotatable bonds is 2. The molecule has 6 nitrogen and oxygen atoms in total. The zero-order chi connectivity index (χ0) is 14.2. The zero-order valence-electron chi connectivity index (χ0n) is 11.8. The van der Waals surface area contributed by atoms with Crippen molar-refractivity contribution in [3.63, 3.8) is 0 Å². The normalized spacial score (nSPS) is 18.5. The summed E-state index contributed by atoms with van der Waals surface area (Å²) in [7, 11) is 0. The minimum Gasteiger partial charge on any atom is -0.349 e. The molecule has 0 aromatic carbocycles. The lowest BCUT2D eigenvalue weighted by atomic mass is 10.1. The molecule has 1 unspecified atom stereocenters. The number of aryl methyl sites for hydroxylation is 1. The highest BCUT2D eigenvalue weighted by Gasteiger charge is 2.28. The van der Waals surface area contributed by atoms with E-state index in [4.69, 9.17) is 0 Å². The largest absolute Gasteiger partial charge is 0.349 e. The molecule has 4 rings (SSSR count). The maximum Gasteiger partial charge on any atom is 0.254 e. The molecule has 1 fully saturated rings. The van der Waals surface area contributed by atoms with Crippen LogP contribution in [0.1, 0.15) is 30.1 Å². The molecule has 0 bridgehead atoms. The first-order chi connectivity index (χ1) is 10.3. The summed E-state index contributed by atoms with van der Waals surface area (Å²) in [6.45, 7) is 3.01. The maximum atomic E-state index is 4.42. The van der Waals surface area contributed by atoms with Crippen molar-refractivity contribution >= 4 is 11.6 Å². The molecule has 0 aliphatic carbocycles. The maximum absolute atomic E-state index is 4.42. The van der Waals surface area contributed by atoms with Crippen molar-refractivity contribution in [3.8, 4) is 0 Å². The van der Waals surface area contributed by atoms with Crippen LogP contribution in [0.4, 0.5) is 5.82 Å². The highest BCUT2D eigenvalue weighted by molar-refractivity contribution is 5.50. The molecule has 3 aromatic heterocycles. The quantitative estimate of drug-likeness (QED) is 0.720. The van der Waals surface area contributed by atoms with Gasteiger partial charge in [0.2, 0.25) is 0 Å². The smallest absolute Gasteiger partial charge is 0.254 e. The van der Waals surface area contributed by atoms with Gasteiger partial charge in [-0.1, -0.05) is 6.07 Å². The molecule has 1 atom stereocenters. The van der Waals surface area contributed by atoms with Crippen LogP contribution in [-0.4, -0.2) is 31.1 Å². The van der Waals surface area contributed by atoms with Crippen molar-refractivity contribution in [1.82, 2.24) is 24.6 Å². The Morgan fingerprint density at radius 2 is 2.29 bits per heavy atom. The summed E-state index contributed by atoms with van der Waals surface area (Å²) in [4.78, 5) is 15.3. The van der Waals surface area contributed by atoms with Gasteiger partial charge >= 0.3 is 0 Å². The van der Waals surface area contributed by atoms with Crippen molar-refractivity contribution < 1.29 is 0 Å². The van der Waals surface area contributed by atoms with Crippen LogP contribution in [0.15, 0.2) is 36.9 Å². The molecular formula is C15H16N6. The van der Waals surface area contributed by atoms with Gasteiger partial charge in [0, 0.05) is 30.7 Å². The van der Waals surface area contributed by atoms with Gasteiger partial charge in [0.25, 0.3) is 5.78 Å². The van der Waals surface area contributed by atoms with Crippen molar-refractivity contribution in [2.45, 2.75) is 25.8 Å². The van der Waals surface area contributed by atoms with Gasteiger partial charge in [-0.15, -0.1) is 0 Å². The standard InChI is InChI=1S/C15H16N6/c1-11-8-14(21-15(19-11)17-10-18-21)20-7-3-5-13(20)12-4-2-6-16-9-12/h2,4,6,8-10,13H,3,5,7H2,1H3. The van der Waals surface area contributed by atoms with Crippen LogP contribution < -0.4 is 4.90 Å². The van der Waals surface area contributed by atoms with Gasteiger partial charge in [0.05, 0.1) is 6.04 Å². The summed E-state index contributed by atoms with van der Waals surface area (Å²) < 4.78 is 1.82. The molecule has 3 aromatic rings. The monoisotopic (exact) mass is 280 g/mol. The first kappa shape index (κ1) is 12.3. The van der Waals surface area contributed by atoms with E-state index < -0.39 is 0 Å². The van der Waals surface area contributed by atoms with Crippen molar-refractivity contribution in [2.24, 2.45) is 0 Å². The Kier molecular flexibility index (Phi) is 2.80. The third-order valence-corrected chi connectivity index (χ3v) is 3.98. The summed E-state index contributed by atoms with van der Waals surface area (Å²) in [6.07, 6.45) is 7.62. The predicted molar refractivity (Wildman–Crippen MR) is 79.1 cm³/mol. The Bertz CT molecular complexity index is 766. The summed E-state index contributed by atoms with van der Waals surface area (Å²) in [5.74, 6) is 1.71. The van der Waals surface area contributed by atoms with E-state index in [0.717, 1.165) is 30.9 Å². The van der Waals surface area contributed by atoms with Crippen LogP contribution >= 0.6 is 0 Å². The molecule has 0 radical (unpaired) electrons. The highest BCUT2D eigenvalue weighted by atomic mass is 15.4. The fraction of sp³-hybridized carbons (Fsp3) is 0.333. The van der Waals surface area contributed by atoms with E-state index in [1.165, 1.54) is 5.56 Å². The second kappa shape index (κ2) is 4.80. The van der Waals surface area contributed by atoms with E-state index >= 15 is 0 Å². The fourth-order valence-corrected chi connectivity index (χ4v) is 3.08. The van der Waals surface area contributed by atoms with Gasteiger partial charge < -0.3 is 4.90 Å². The van der Waals surface area contributed by atoms with E-state index in [-0.39, 0.29) is 0 Å². The Labute approximate surface area is 122 Å². The summed E-state index contributed by atoms with van der Waals surface area (Å²) in [6, 6.07) is 6.56. The van der Waals surface area contributed by atoms with E-state index in [1.807, 2.05) is 29.9 Å². The molecule has 4 heterocycles. The molecule has 1 aliphatic rings. The van der Waals surface area contributed by atoms with E-state index in [2.05, 4.69) is 37.1 Å². The Hall–Kier alpha value is -2.50. The lowest BCUT2D eigenvalue weighted by Crippen LogP contribution is -2.25. The molecule has 0 spiro atoms. The number of nitrogens with zero attached hydrogens (tertiary/aromatic N) is 6. The molecule has 1 aliphatic heterocycles. The van der Waals surface area contributed by atoms with Crippen molar-refractivity contribution in [2.75, 3.05) is 11.4 Å². The third-order valence-electron chi connectivity index (χ3n) is 3.98. The number of aromatic nitrogens is 5. The first-order valence-electron chi connectivity index (χ1n) is 7.17. The molecule has 21 heavy (non-hydrogen) atoms. The molecule has 0 N–H and O–H groups in total. The summed E-state index contributed by atoms with van der Waals surface area (Å²) in [5, 5.41) is 4.32. The number of fused-ring (bicyclic) bond motifs is 1. The van der Waals surface area contributed by atoms with Gasteiger partial charge in [-0.25, -0.2) is 4.98 Å². The summed E-state index contributed by atoms with van der Waals surface area (Å²) >= 11 is 0. The van der Waals surface area contributed by atoms with Crippen LogP contribution in [0.2, 0.25) is 0 Å². The van der Waals surface area contributed by atoms with Crippen LogP contribution in [0.25, 0.3) is 5.78 Å². The number of anilines is 1. The molecule has 6 heteroatoms. The number of pyridine rings is 1. The average Bonchev–Trinajstić information content (AvgIpc) is 3.16. The predicted octanol–water partition coefficient (Wildman–Crippen LogP) is 2.17. The van der Waals surface area contributed by atoms with Crippen molar-refractivity contribution in [3.05, 3.63) is 48.2 Å². The molecule has 0 saturated carbocycles. The van der Waals surface area contributed by atoms with Gasteiger partial charge in [-0.05, 0) is 31.4 Å². The van der Waals surface area contributed by atoms with E-state index in [0.29, 0.717) is 11.8 Å². The topological polar surface area (TPSA) is 59.2 Å². The van der Waals surface area contributed by atoms with Gasteiger partial charge in [-0.3, -0.25) is 4.98 Å². The van der Waals surface area contributed by atoms with Crippen LogP contribution in [-0.2, 0) is 0 Å². The third kappa shape index (κ3) is 2.03. The minimum absolute atomic E-state index is 0.341. The average molecular weight is 280 g/mol. The summed E-state index contributed by atoms with van der Waals surface area (Å²) in [5.41, 5.74) is 2.21. The second-order valence-electron chi connectivity index (χ2n) is 5.37. The Morgan fingerprint density at radius 3 is 3.14 bits per heavy atom. The minimum atomic E-state index is 0.341. The highest BCUT2D eigenvalue weighted by Crippen LogP contribution is 2.35. The lowest BCUT2D eigenvalue weighted by molar-refractivity contribution is 0.694. The zero-order valence-corrected chi connectivity index (χ0v) is 11.8. The number of hydrogen-bond donors (Lipinski definition) is 0. The van der Waals surface area contributed by atoms with Gasteiger partial charge in [0.15, 0.2) is 0 Å². The van der Waals surface area contributed by atoms with E-state index in [9.17, 15) is 0 Å². The molecular weight excluding hydrogens is 264 g/mol. The molecule has 1 saturated heterocycles. The molecule has 106 valence electrons. The van der Waals surface area contributed by atoms with Gasteiger partial charge in [-0.2, -0.15) is 14.6 Å². The second-order valence-corrected chi connectivity index (χ2v) is 5.37. The SMILES string of the molecule is Cc1cc(N2CCCC2c2cccnc2)n2ncnc2n1. The van der Waals surface area contributed by atoms with Crippen molar-refractivity contribution in [1.29, 1.82) is 0 Å². The lowest BCUT2D eigenvalue weighted by Gasteiger charge is -2.27. The number of hydrogen-bond acceptors (Lipinski definition) is 5. The van der Waals surface area contributed by atoms with E-state index in [1.54, 1.807) is 6.33 Å². The van der Waals surface area contributed by atoms with Crippen LogP contribution in [0, 0.1) is 6.92 Å². The van der Waals surface area contributed by atoms with Crippen LogP contribution in [0.5, 0.6) is 0 Å². The molecule has 0 amide bonds. The Balaban J connectivity index is 1.82.